The van der Waals surface area contributed by atoms with Crippen molar-refractivity contribution in [3.63, 3.8) is 0 Å². The van der Waals surface area contributed by atoms with Crippen LogP contribution < -0.4 is 15.0 Å². The molecule has 2 heterocycles. The van der Waals surface area contributed by atoms with E-state index in [-0.39, 0.29) is 5.92 Å². The molecule has 0 amide bonds. The standard InChI is InChI=1S/C31H39N3O3S/c1-21-8-11-29(27(16-21)28-20-38-31(33-28)34-14-12-24(13-15-34)30(35)36)37-19-25-10-9-23(17-22(25)2)18-32-26-6-4-3-5-7-26/h8-11,16-17,20,24,26,32H,3-7,12-15,18-19H2,1-2H3,(H,35,36). The lowest BCUT2D eigenvalue weighted by molar-refractivity contribution is -0.142. The van der Waals surface area contributed by atoms with E-state index < -0.39 is 5.97 Å². The first kappa shape index (κ1) is 26.7. The monoisotopic (exact) mass is 533 g/mol. The van der Waals surface area contributed by atoms with Crippen LogP contribution in [0.25, 0.3) is 11.3 Å². The fourth-order valence-electron chi connectivity index (χ4n) is 5.58. The Hall–Kier alpha value is -2.90. The van der Waals surface area contributed by atoms with Gasteiger partial charge in [0.1, 0.15) is 12.4 Å². The van der Waals surface area contributed by atoms with Crippen LogP contribution in [0.1, 0.15) is 67.2 Å². The van der Waals surface area contributed by atoms with Crippen molar-refractivity contribution in [1.82, 2.24) is 10.3 Å². The van der Waals surface area contributed by atoms with Crippen molar-refractivity contribution in [3.8, 4) is 17.0 Å². The lowest BCUT2D eigenvalue weighted by Crippen LogP contribution is -2.36. The zero-order chi connectivity index (χ0) is 26.5. The molecule has 1 saturated carbocycles. The van der Waals surface area contributed by atoms with Gasteiger partial charge in [-0.2, -0.15) is 0 Å². The van der Waals surface area contributed by atoms with Crippen LogP contribution in [0.2, 0.25) is 0 Å². The van der Waals surface area contributed by atoms with E-state index in [2.05, 4.69) is 59.8 Å². The van der Waals surface area contributed by atoms with Crippen LogP contribution in [0, 0.1) is 19.8 Å². The first-order valence-corrected chi connectivity index (χ1v) is 14.8. The number of carbonyl (C=O) groups is 1. The van der Waals surface area contributed by atoms with E-state index in [4.69, 9.17) is 9.72 Å². The van der Waals surface area contributed by atoms with E-state index in [1.807, 2.05) is 6.07 Å². The van der Waals surface area contributed by atoms with Gasteiger partial charge in [0.25, 0.3) is 0 Å². The average molecular weight is 534 g/mol. The van der Waals surface area contributed by atoms with Crippen molar-refractivity contribution in [1.29, 1.82) is 0 Å². The molecule has 0 spiro atoms. The molecule has 1 aromatic heterocycles. The number of aryl methyl sites for hydroxylation is 2. The van der Waals surface area contributed by atoms with Gasteiger partial charge in [-0.1, -0.05) is 49.1 Å². The number of anilines is 1. The van der Waals surface area contributed by atoms with Gasteiger partial charge in [-0.3, -0.25) is 4.79 Å². The molecular weight excluding hydrogens is 494 g/mol. The van der Waals surface area contributed by atoms with Gasteiger partial charge in [0.2, 0.25) is 0 Å². The summed E-state index contributed by atoms with van der Waals surface area (Å²) >= 11 is 1.61. The van der Waals surface area contributed by atoms with Gasteiger partial charge in [-0.25, -0.2) is 4.98 Å². The Morgan fingerprint density at radius 3 is 2.61 bits per heavy atom. The molecule has 2 aliphatic rings. The van der Waals surface area contributed by atoms with Gasteiger partial charge in [-0.15, -0.1) is 11.3 Å². The van der Waals surface area contributed by atoms with Crippen molar-refractivity contribution in [3.05, 3.63) is 64.0 Å². The summed E-state index contributed by atoms with van der Waals surface area (Å²) in [5.41, 5.74) is 6.84. The van der Waals surface area contributed by atoms with Crippen LogP contribution in [0.5, 0.6) is 5.75 Å². The number of piperidine rings is 1. The molecule has 7 heteroatoms. The van der Waals surface area contributed by atoms with Crippen molar-refractivity contribution >= 4 is 22.4 Å². The van der Waals surface area contributed by atoms with Crippen LogP contribution in [0.15, 0.2) is 41.8 Å². The number of nitrogens with one attached hydrogen (secondary N) is 1. The van der Waals surface area contributed by atoms with Gasteiger partial charge < -0.3 is 20.1 Å². The van der Waals surface area contributed by atoms with Crippen molar-refractivity contribution in [2.75, 3.05) is 18.0 Å². The minimum atomic E-state index is -0.688. The second-order valence-electron chi connectivity index (χ2n) is 10.9. The van der Waals surface area contributed by atoms with Crippen LogP contribution in [0.3, 0.4) is 0 Å². The number of hydrogen-bond acceptors (Lipinski definition) is 6. The predicted octanol–water partition coefficient (Wildman–Crippen LogP) is 6.73. The third-order valence-electron chi connectivity index (χ3n) is 8.01. The summed E-state index contributed by atoms with van der Waals surface area (Å²) in [5.74, 6) is -0.0976. The van der Waals surface area contributed by atoms with Crippen molar-refractivity contribution in [2.24, 2.45) is 5.92 Å². The maximum atomic E-state index is 11.3. The van der Waals surface area contributed by atoms with Gasteiger partial charge in [0.05, 0.1) is 11.6 Å². The summed E-state index contributed by atoms with van der Waals surface area (Å²) in [6.07, 6.45) is 8.01. The predicted molar refractivity (Wildman–Crippen MR) is 154 cm³/mol. The summed E-state index contributed by atoms with van der Waals surface area (Å²) in [6, 6.07) is 13.6. The van der Waals surface area contributed by atoms with E-state index >= 15 is 0 Å². The minimum Gasteiger partial charge on any atom is -0.488 e. The number of carboxylic acid groups (broad SMARTS) is 1. The number of rotatable bonds is 9. The molecule has 1 aliphatic heterocycles. The average Bonchev–Trinajstić information content (AvgIpc) is 3.43. The highest BCUT2D eigenvalue weighted by atomic mass is 32.1. The molecule has 202 valence electrons. The Labute approximate surface area is 230 Å². The lowest BCUT2D eigenvalue weighted by Gasteiger charge is -2.29. The molecule has 0 atom stereocenters. The Bertz CT molecular complexity index is 1240. The number of aromatic nitrogens is 1. The Morgan fingerprint density at radius 2 is 1.87 bits per heavy atom. The van der Waals surface area contributed by atoms with E-state index in [0.717, 1.165) is 47.3 Å². The zero-order valence-electron chi connectivity index (χ0n) is 22.5. The van der Waals surface area contributed by atoms with Gasteiger partial charge in [-0.05, 0) is 68.4 Å². The first-order chi connectivity index (χ1) is 18.5. The third-order valence-corrected chi connectivity index (χ3v) is 8.91. The number of hydrogen-bond donors (Lipinski definition) is 2. The van der Waals surface area contributed by atoms with Crippen molar-refractivity contribution in [2.45, 2.75) is 78.0 Å². The normalized spacial score (nSPS) is 17.1. The third kappa shape index (κ3) is 6.56. The molecule has 1 saturated heterocycles. The molecule has 38 heavy (non-hydrogen) atoms. The summed E-state index contributed by atoms with van der Waals surface area (Å²) < 4.78 is 6.37. The fraction of sp³-hybridized carbons (Fsp3) is 0.484. The molecule has 0 unspecified atom stereocenters. The van der Waals surface area contributed by atoms with E-state index in [9.17, 15) is 9.90 Å². The lowest BCUT2D eigenvalue weighted by atomic mass is 9.95. The van der Waals surface area contributed by atoms with Crippen molar-refractivity contribution < 1.29 is 14.6 Å². The molecule has 0 radical (unpaired) electrons. The van der Waals surface area contributed by atoms with E-state index in [0.29, 0.717) is 25.5 Å². The highest BCUT2D eigenvalue weighted by Gasteiger charge is 2.26. The number of thiazole rings is 1. The smallest absolute Gasteiger partial charge is 0.306 e. The molecule has 0 bridgehead atoms. The number of aliphatic carboxylic acids is 1. The molecule has 3 aromatic rings. The van der Waals surface area contributed by atoms with Crippen LogP contribution in [-0.4, -0.2) is 35.2 Å². The number of nitrogens with zero attached hydrogens (tertiary/aromatic N) is 2. The maximum absolute atomic E-state index is 11.3. The summed E-state index contributed by atoms with van der Waals surface area (Å²) in [4.78, 5) is 18.4. The molecular formula is C31H39N3O3S. The summed E-state index contributed by atoms with van der Waals surface area (Å²) in [7, 11) is 0. The van der Waals surface area contributed by atoms with Crippen LogP contribution in [-0.2, 0) is 17.9 Å². The first-order valence-electron chi connectivity index (χ1n) is 13.9. The molecule has 2 N–H and O–H groups in total. The minimum absolute atomic E-state index is 0.242. The molecule has 1 aliphatic carbocycles. The summed E-state index contributed by atoms with van der Waals surface area (Å²) in [5, 5.41) is 16.1. The highest BCUT2D eigenvalue weighted by molar-refractivity contribution is 7.14. The quantitative estimate of drug-likeness (QED) is 0.318. The van der Waals surface area contributed by atoms with Gasteiger partial charge in [0, 0.05) is 36.6 Å². The largest absolute Gasteiger partial charge is 0.488 e. The van der Waals surface area contributed by atoms with E-state index in [1.165, 1.54) is 48.8 Å². The molecule has 2 fully saturated rings. The molecule has 6 nitrogen and oxygen atoms in total. The van der Waals surface area contributed by atoms with Gasteiger partial charge in [0.15, 0.2) is 5.13 Å². The van der Waals surface area contributed by atoms with E-state index in [1.54, 1.807) is 11.3 Å². The Balaban J connectivity index is 1.23. The van der Waals surface area contributed by atoms with Crippen LogP contribution >= 0.6 is 11.3 Å². The zero-order valence-corrected chi connectivity index (χ0v) is 23.4. The second-order valence-corrected chi connectivity index (χ2v) is 11.7. The summed E-state index contributed by atoms with van der Waals surface area (Å²) in [6.45, 7) is 7.15. The number of carboxylic acids is 1. The molecule has 5 rings (SSSR count). The SMILES string of the molecule is Cc1ccc(OCc2ccc(CNC3CCCCC3)cc2C)c(-c2csc(N3CCC(C(=O)O)CC3)n2)c1. The maximum Gasteiger partial charge on any atom is 0.306 e. The number of benzene rings is 2. The second kappa shape index (κ2) is 12.3. The highest BCUT2D eigenvalue weighted by Crippen LogP contribution is 2.36. The van der Waals surface area contributed by atoms with Crippen LogP contribution in [0.4, 0.5) is 5.13 Å². The fourth-order valence-corrected chi connectivity index (χ4v) is 6.45. The van der Waals surface area contributed by atoms with Gasteiger partial charge >= 0.3 is 5.97 Å². The molecule has 2 aromatic carbocycles. The topological polar surface area (TPSA) is 74.7 Å². The Kier molecular flexibility index (Phi) is 8.65. The Morgan fingerprint density at radius 1 is 1.08 bits per heavy atom. The number of ether oxygens (including phenoxy) is 1.